The van der Waals surface area contributed by atoms with E-state index < -0.39 is 12.0 Å². The monoisotopic (exact) mass is 337 g/mol. The lowest BCUT2D eigenvalue weighted by Crippen LogP contribution is -2.55. The third kappa shape index (κ3) is 4.03. The molecule has 1 aromatic carbocycles. The summed E-state index contributed by atoms with van der Waals surface area (Å²) in [6.45, 7) is 6.17. The Morgan fingerprint density at radius 1 is 1.12 bits per heavy atom. The molecule has 1 amide bonds. The van der Waals surface area contributed by atoms with Gasteiger partial charge in [-0.1, -0.05) is 0 Å². The Morgan fingerprint density at radius 2 is 1.67 bits per heavy atom. The number of carbonyl (C=O) groups excluding carboxylic acids is 1. The number of amides is 1. The second-order valence-electron chi connectivity index (χ2n) is 6.14. The minimum Gasteiger partial charge on any atom is -0.480 e. The largest absolute Gasteiger partial charge is 0.480 e. The fourth-order valence-corrected chi connectivity index (χ4v) is 2.83. The van der Waals surface area contributed by atoms with E-state index in [0.29, 0.717) is 13.1 Å². The van der Waals surface area contributed by atoms with Crippen molar-refractivity contribution in [1.29, 1.82) is 0 Å². The van der Waals surface area contributed by atoms with Crippen LogP contribution in [0, 0.1) is 5.82 Å². The maximum absolute atomic E-state index is 13.0. The van der Waals surface area contributed by atoms with Crippen LogP contribution in [0.15, 0.2) is 24.3 Å². The van der Waals surface area contributed by atoms with Crippen LogP contribution in [0.5, 0.6) is 0 Å². The van der Waals surface area contributed by atoms with Crippen LogP contribution in [0.25, 0.3) is 0 Å². The molecule has 1 N–H and O–H groups in total. The van der Waals surface area contributed by atoms with E-state index in [9.17, 15) is 14.0 Å². The van der Waals surface area contributed by atoms with Crippen LogP contribution in [0.4, 0.5) is 10.1 Å². The molecule has 0 unspecified atom stereocenters. The number of halogens is 1. The lowest BCUT2D eigenvalue weighted by atomic mass is 10.1. The molecule has 0 aliphatic carbocycles. The average Bonchev–Trinajstić information content (AvgIpc) is 2.60. The second kappa shape index (κ2) is 7.61. The number of hydrogen-bond acceptors (Lipinski definition) is 4. The van der Waals surface area contributed by atoms with Gasteiger partial charge in [-0.25, -0.2) is 9.18 Å². The zero-order chi connectivity index (χ0) is 17.9. The Labute approximate surface area is 141 Å². The van der Waals surface area contributed by atoms with Gasteiger partial charge >= 0.3 is 5.97 Å². The zero-order valence-electron chi connectivity index (χ0n) is 14.3. The Hall–Kier alpha value is -2.15. The Morgan fingerprint density at radius 3 is 2.17 bits per heavy atom. The molecule has 1 aromatic rings. The number of carboxylic acid groups (broad SMARTS) is 1. The lowest BCUT2D eigenvalue weighted by Gasteiger charge is -2.39. The van der Waals surface area contributed by atoms with Crippen molar-refractivity contribution in [3.63, 3.8) is 0 Å². The average molecular weight is 337 g/mol. The van der Waals surface area contributed by atoms with Crippen molar-refractivity contribution in [2.75, 3.05) is 38.1 Å². The predicted molar refractivity (Wildman–Crippen MR) is 89.5 cm³/mol. The van der Waals surface area contributed by atoms with Gasteiger partial charge in [0.1, 0.15) is 11.9 Å². The summed E-state index contributed by atoms with van der Waals surface area (Å²) in [5, 5.41) is 9.03. The van der Waals surface area contributed by atoms with Crippen LogP contribution in [-0.4, -0.2) is 72.1 Å². The fourth-order valence-electron chi connectivity index (χ4n) is 2.83. The molecule has 0 radical (unpaired) electrons. The number of likely N-dealkylation sites (N-methyl/N-ethyl adjacent to an activating group) is 1. The van der Waals surface area contributed by atoms with E-state index in [-0.39, 0.29) is 17.8 Å². The molecule has 132 valence electrons. The predicted octanol–water partition coefficient (Wildman–Crippen LogP) is 1.27. The molecular weight excluding hydrogens is 313 g/mol. The number of carbonyl (C=O) groups is 2. The molecule has 0 saturated carbocycles. The third-order valence-corrected chi connectivity index (χ3v) is 4.70. The van der Waals surface area contributed by atoms with Crippen molar-refractivity contribution in [3.05, 3.63) is 30.1 Å². The van der Waals surface area contributed by atoms with Gasteiger partial charge in [0.05, 0.1) is 6.04 Å². The smallest absolute Gasteiger partial charge is 0.326 e. The fraction of sp³-hybridized carbons (Fsp3) is 0.529. The van der Waals surface area contributed by atoms with Crippen molar-refractivity contribution in [1.82, 2.24) is 9.80 Å². The number of anilines is 1. The zero-order valence-corrected chi connectivity index (χ0v) is 14.3. The van der Waals surface area contributed by atoms with Gasteiger partial charge in [0.15, 0.2) is 0 Å². The van der Waals surface area contributed by atoms with Gasteiger partial charge in [0.2, 0.25) is 5.91 Å². The third-order valence-electron chi connectivity index (χ3n) is 4.70. The first-order valence-corrected chi connectivity index (χ1v) is 8.05. The number of piperazine rings is 1. The van der Waals surface area contributed by atoms with Crippen molar-refractivity contribution >= 4 is 17.6 Å². The highest BCUT2D eigenvalue weighted by Gasteiger charge is 2.31. The van der Waals surface area contributed by atoms with E-state index in [1.165, 1.54) is 31.0 Å². The molecule has 0 bridgehead atoms. The van der Waals surface area contributed by atoms with E-state index in [0.717, 1.165) is 18.8 Å². The minimum absolute atomic E-state index is 0.194. The standard InChI is InChI=1S/C17H24FN3O3/c1-12(16(22)19(3)13(2)17(23)24)20-8-10-21(11-9-20)15-6-4-14(18)5-7-15/h4-7,12-13H,8-11H2,1-3H3,(H,23,24)/t12-,13-/m1/s1. The molecule has 1 heterocycles. The first-order valence-electron chi connectivity index (χ1n) is 8.05. The van der Waals surface area contributed by atoms with Gasteiger partial charge in [-0.15, -0.1) is 0 Å². The van der Waals surface area contributed by atoms with Gasteiger partial charge in [-0.05, 0) is 38.1 Å². The topological polar surface area (TPSA) is 64.1 Å². The van der Waals surface area contributed by atoms with Gasteiger partial charge in [0.25, 0.3) is 0 Å². The van der Waals surface area contributed by atoms with E-state index in [1.807, 2.05) is 4.90 Å². The molecule has 0 aromatic heterocycles. The van der Waals surface area contributed by atoms with Crippen LogP contribution in [0.1, 0.15) is 13.8 Å². The number of benzene rings is 1. The molecule has 6 nitrogen and oxygen atoms in total. The summed E-state index contributed by atoms with van der Waals surface area (Å²) in [6.07, 6.45) is 0. The van der Waals surface area contributed by atoms with Crippen molar-refractivity contribution in [2.24, 2.45) is 0 Å². The lowest BCUT2D eigenvalue weighted by molar-refractivity contribution is -0.150. The first-order chi connectivity index (χ1) is 11.3. The summed E-state index contributed by atoms with van der Waals surface area (Å²) in [5.74, 6) is -1.47. The van der Waals surface area contributed by atoms with Gasteiger partial charge in [-0.3, -0.25) is 9.69 Å². The number of rotatable bonds is 5. The summed E-state index contributed by atoms with van der Waals surface area (Å²) >= 11 is 0. The summed E-state index contributed by atoms with van der Waals surface area (Å²) in [5.41, 5.74) is 0.964. The Kier molecular flexibility index (Phi) is 5.77. The summed E-state index contributed by atoms with van der Waals surface area (Å²) in [7, 11) is 1.52. The van der Waals surface area contributed by atoms with Crippen LogP contribution in [0.3, 0.4) is 0 Å². The number of carboxylic acids is 1. The molecular formula is C17H24FN3O3. The van der Waals surface area contributed by atoms with Gasteiger partial charge in [0, 0.05) is 38.9 Å². The highest BCUT2D eigenvalue weighted by molar-refractivity contribution is 5.86. The summed E-state index contributed by atoms with van der Waals surface area (Å²) in [4.78, 5) is 28.9. The highest BCUT2D eigenvalue weighted by atomic mass is 19.1. The maximum Gasteiger partial charge on any atom is 0.326 e. The van der Waals surface area contributed by atoms with E-state index >= 15 is 0 Å². The molecule has 1 saturated heterocycles. The van der Waals surface area contributed by atoms with E-state index in [2.05, 4.69) is 4.90 Å². The van der Waals surface area contributed by atoms with Crippen LogP contribution >= 0.6 is 0 Å². The van der Waals surface area contributed by atoms with Crippen LogP contribution in [-0.2, 0) is 9.59 Å². The number of aliphatic carboxylic acids is 1. The Balaban J connectivity index is 1.92. The quantitative estimate of drug-likeness (QED) is 0.877. The molecule has 2 atom stereocenters. The number of nitrogens with zero attached hydrogens (tertiary/aromatic N) is 3. The molecule has 1 aliphatic heterocycles. The van der Waals surface area contributed by atoms with Crippen LogP contribution < -0.4 is 4.90 Å². The maximum atomic E-state index is 13.0. The SMILES string of the molecule is C[C@H](C(=O)N(C)[C@H](C)C(=O)O)N1CCN(c2ccc(F)cc2)CC1. The van der Waals surface area contributed by atoms with Crippen LogP contribution in [0.2, 0.25) is 0 Å². The number of hydrogen-bond donors (Lipinski definition) is 1. The molecule has 24 heavy (non-hydrogen) atoms. The molecule has 0 spiro atoms. The van der Waals surface area contributed by atoms with Gasteiger partial charge < -0.3 is 14.9 Å². The molecule has 1 fully saturated rings. The van der Waals surface area contributed by atoms with Crippen molar-refractivity contribution < 1.29 is 19.1 Å². The van der Waals surface area contributed by atoms with Crippen molar-refractivity contribution in [2.45, 2.75) is 25.9 Å². The highest BCUT2D eigenvalue weighted by Crippen LogP contribution is 2.18. The van der Waals surface area contributed by atoms with Gasteiger partial charge in [-0.2, -0.15) is 0 Å². The summed E-state index contributed by atoms with van der Waals surface area (Å²) in [6, 6.07) is 5.17. The normalized spacial score (nSPS) is 18.1. The first kappa shape index (κ1) is 18.2. The Bertz CT molecular complexity index is 585. The molecule has 2 rings (SSSR count). The summed E-state index contributed by atoms with van der Waals surface area (Å²) < 4.78 is 13.0. The molecule has 1 aliphatic rings. The van der Waals surface area contributed by atoms with E-state index in [4.69, 9.17) is 5.11 Å². The molecule has 7 heteroatoms. The van der Waals surface area contributed by atoms with E-state index in [1.54, 1.807) is 19.1 Å². The van der Waals surface area contributed by atoms with Crippen molar-refractivity contribution in [3.8, 4) is 0 Å². The minimum atomic E-state index is -1.01. The second-order valence-corrected chi connectivity index (χ2v) is 6.14.